The van der Waals surface area contributed by atoms with Gasteiger partial charge in [-0.1, -0.05) is 0 Å². The van der Waals surface area contributed by atoms with Crippen LogP contribution in [-0.4, -0.2) is 30.3 Å². The maximum Gasteiger partial charge on any atom is 0.328 e. The number of hydrogen-bond acceptors (Lipinski definition) is 3. The van der Waals surface area contributed by atoms with Gasteiger partial charge in [0.25, 0.3) is 0 Å². The van der Waals surface area contributed by atoms with Gasteiger partial charge in [-0.25, -0.2) is 13.6 Å². The van der Waals surface area contributed by atoms with Crippen molar-refractivity contribution in [2.24, 2.45) is 0 Å². The number of halogens is 2. The zero-order valence-corrected chi connectivity index (χ0v) is 12.1. The number of aryl methyl sites for hydroxylation is 1. The van der Waals surface area contributed by atoms with Gasteiger partial charge in [-0.3, -0.25) is 5.32 Å². The van der Waals surface area contributed by atoms with Crippen LogP contribution in [0.15, 0.2) is 12.1 Å². The van der Waals surface area contributed by atoms with E-state index in [-0.39, 0.29) is 23.8 Å². The Hall–Kier alpha value is -1.53. The molecule has 0 saturated carbocycles. The van der Waals surface area contributed by atoms with Gasteiger partial charge in [0, 0.05) is 18.7 Å². The zero-order valence-electron chi connectivity index (χ0n) is 12.1. The van der Waals surface area contributed by atoms with Crippen LogP contribution in [0.4, 0.5) is 8.78 Å². The van der Waals surface area contributed by atoms with Crippen molar-refractivity contribution in [1.82, 2.24) is 5.32 Å². The summed E-state index contributed by atoms with van der Waals surface area (Å²) in [5.74, 6) is -2.63. The molecule has 0 bridgehead atoms. The molecule has 1 fully saturated rings. The van der Waals surface area contributed by atoms with E-state index in [2.05, 4.69) is 5.32 Å². The predicted molar refractivity (Wildman–Crippen MR) is 73.1 cm³/mol. The average Bonchev–Trinajstić information content (AvgIpc) is 2.93. The van der Waals surface area contributed by atoms with Gasteiger partial charge in [0.05, 0.1) is 6.10 Å². The van der Waals surface area contributed by atoms with E-state index in [0.717, 1.165) is 25.0 Å². The van der Waals surface area contributed by atoms with Gasteiger partial charge in [0.1, 0.15) is 17.2 Å². The first-order valence-corrected chi connectivity index (χ1v) is 6.90. The Balaban J connectivity index is 2.28. The van der Waals surface area contributed by atoms with Crippen LogP contribution in [0.3, 0.4) is 0 Å². The van der Waals surface area contributed by atoms with Crippen molar-refractivity contribution in [1.29, 1.82) is 0 Å². The second-order valence-corrected chi connectivity index (χ2v) is 5.53. The third kappa shape index (κ3) is 3.22. The number of carboxylic acids is 1. The van der Waals surface area contributed by atoms with Gasteiger partial charge in [-0.2, -0.15) is 0 Å². The summed E-state index contributed by atoms with van der Waals surface area (Å²) in [6.45, 7) is 3.68. The number of rotatable bonds is 5. The molecule has 21 heavy (non-hydrogen) atoms. The van der Waals surface area contributed by atoms with Gasteiger partial charge >= 0.3 is 5.97 Å². The van der Waals surface area contributed by atoms with E-state index in [1.54, 1.807) is 0 Å². The maximum atomic E-state index is 14.1. The molecular weight excluding hydrogens is 280 g/mol. The first-order valence-electron chi connectivity index (χ1n) is 6.90. The van der Waals surface area contributed by atoms with Crippen LogP contribution in [0.1, 0.15) is 30.9 Å². The van der Waals surface area contributed by atoms with Crippen molar-refractivity contribution in [3.05, 3.63) is 34.9 Å². The molecule has 0 aromatic heterocycles. The minimum Gasteiger partial charge on any atom is -0.480 e. The van der Waals surface area contributed by atoms with Crippen LogP contribution < -0.4 is 5.32 Å². The van der Waals surface area contributed by atoms with Crippen molar-refractivity contribution in [3.63, 3.8) is 0 Å². The fourth-order valence-electron chi connectivity index (χ4n) is 2.44. The maximum absolute atomic E-state index is 14.1. The molecule has 4 nitrogen and oxygen atoms in total. The first kappa shape index (κ1) is 15.9. The summed E-state index contributed by atoms with van der Waals surface area (Å²) in [5.41, 5.74) is -1.77. The predicted octanol–water partition coefficient (Wildman–Crippen LogP) is 2.34. The van der Waals surface area contributed by atoms with Crippen LogP contribution in [-0.2, 0) is 15.1 Å². The van der Waals surface area contributed by atoms with Gasteiger partial charge in [-0.05, 0) is 44.4 Å². The molecule has 1 aliphatic rings. The Morgan fingerprint density at radius 2 is 2.19 bits per heavy atom. The molecule has 1 aliphatic heterocycles. The van der Waals surface area contributed by atoms with Gasteiger partial charge < -0.3 is 9.84 Å². The van der Waals surface area contributed by atoms with Crippen LogP contribution in [0, 0.1) is 18.6 Å². The number of carbonyl (C=O) groups is 1. The monoisotopic (exact) mass is 299 g/mol. The Bertz CT molecular complexity index is 544. The molecule has 1 aromatic carbocycles. The SMILES string of the molecule is Cc1cc(F)c(C(C)(NCC2CCCO2)C(=O)O)cc1F. The molecule has 0 amide bonds. The molecule has 0 spiro atoms. The molecule has 2 N–H and O–H groups in total. The van der Waals surface area contributed by atoms with E-state index >= 15 is 0 Å². The smallest absolute Gasteiger partial charge is 0.328 e. The number of ether oxygens (including phenoxy) is 1. The fraction of sp³-hybridized carbons (Fsp3) is 0.533. The molecule has 6 heteroatoms. The molecule has 1 saturated heterocycles. The highest BCUT2D eigenvalue weighted by Crippen LogP contribution is 2.27. The summed E-state index contributed by atoms with van der Waals surface area (Å²) in [4.78, 5) is 11.6. The van der Waals surface area contributed by atoms with Crippen molar-refractivity contribution in [3.8, 4) is 0 Å². The molecule has 0 aliphatic carbocycles. The van der Waals surface area contributed by atoms with Crippen LogP contribution in [0.5, 0.6) is 0 Å². The highest BCUT2D eigenvalue weighted by Gasteiger charge is 2.38. The van der Waals surface area contributed by atoms with Crippen molar-refractivity contribution in [2.45, 2.75) is 38.3 Å². The molecule has 2 atom stereocenters. The van der Waals surface area contributed by atoms with Gasteiger partial charge in [0.15, 0.2) is 0 Å². The summed E-state index contributed by atoms with van der Waals surface area (Å²) >= 11 is 0. The summed E-state index contributed by atoms with van der Waals surface area (Å²) in [7, 11) is 0. The number of hydrogen-bond donors (Lipinski definition) is 2. The van der Waals surface area contributed by atoms with E-state index < -0.39 is 23.1 Å². The summed E-state index contributed by atoms with van der Waals surface area (Å²) < 4.78 is 33.2. The van der Waals surface area contributed by atoms with Crippen LogP contribution >= 0.6 is 0 Å². The second kappa shape index (κ2) is 6.07. The van der Waals surface area contributed by atoms with Gasteiger partial charge in [-0.15, -0.1) is 0 Å². The Kier molecular flexibility index (Phi) is 4.58. The fourth-order valence-corrected chi connectivity index (χ4v) is 2.44. The second-order valence-electron chi connectivity index (χ2n) is 5.53. The van der Waals surface area contributed by atoms with Crippen molar-refractivity contribution >= 4 is 5.97 Å². The highest BCUT2D eigenvalue weighted by molar-refractivity contribution is 5.80. The molecular formula is C15H19F2NO3. The number of nitrogens with one attached hydrogen (secondary N) is 1. The number of aliphatic carboxylic acids is 1. The molecule has 2 unspecified atom stereocenters. The lowest BCUT2D eigenvalue weighted by molar-refractivity contribution is -0.145. The van der Waals surface area contributed by atoms with E-state index in [1.807, 2.05) is 0 Å². The first-order chi connectivity index (χ1) is 9.84. The lowest BCUT2D eigenvalue weighted by Gasteiger charge is -2.29. The molecule has 1 aromatic rings. The van der Waals surface area contributed by atoms with Crippen LogP contribution in [0.2, 0.25) is 0 Å². The average molecular weight is 299 g/mol. The van der Waals surface area contributed by atoms with E-state index in [1.165, 1.54) is 13.8 Å². The lowest BCUT2D eigenvalue weighted by Crippen LogP contribution is -2.49. The highest BCUT2D eigenvalue weighted by atomic mass is 19.1. The quantitative estimate of drug-likeness (QED) is 0.876. The normalized spacial score (nSPS) is 21.2. The van der Waals surface area contributed by atoms with Gasteiger partial charge in [0.2, 0.25) is 0 Å². The Morgan fingerprint density at radius 3 is 2.76 bits per heavy atom. The van der Waals surface area contributed by atoms with Crippen molar-refractivity contribution in [2.75, 3.05) is 13.2 Å². The Labute approximate surface area is 122 Å². The number of carboxylic acid groups (broad SMARTS) is 1. The molecule has 2 rings (SSSR count). The standard InChI is InChI=1S/C15H19F2NO3/c1-9-6-13(17)11(7-12(9)16)15(2,14(19)20)18-8-10-4-3-5-21-10/h6-7,10,18H,3-5,8H2,1-2H3,(H,19,20). The lowest BCUT2D eigenvalue weighted by atomic mass is 9.90. The van der Waals surface area contributed by atoms with Crippen LogP contribution in [0.25, 0.3) is 0 Å². The minimum absolute atomic E-state index is 0.0953. The van der Waals surface area contributed by atoms with Crippen molar-refractivity contribution < 1.29 is 23.4 Å². The minimum atomic E-state index is -1.70. The van der Waals surface area contributed by atoms with E-state index in [4.69, 9.17) is 4.74 Å². The molecule has 0 radical (unpaired) electrons. The molecule has 116 valence electrons. The van der Waals surface area contributed by atoms with E-state index in [9.17, 15) is 18.7 Å². The van der Waals surface area contributed by atoms with E-state index in [0.29, 0.717) is 6.61 Å². The summed E-state index contributed by atoms with van der Waals surface area (Å²) in [6, 6.07) is 1.96. The molecule has 1 heterocycles. The largest absolute Gasteiger partial charge is 0.480 e. The topological polar surface area (TPSA) is 58.6 Å². The Morgan fingerprint density at radius 1 is 1.48 bits per heavy atom. The third-order valence-electron chi connectivity index (χ3n) is 3.92. The zero-order chi connectivity index (χ0) is 15.6. The summed E-state index contributed by atoms with van der Waals surface area (Å²) in [6.07, 6.45) is 1.65. The third-order valence-corrected chi connectivity index (χ3v) is 3.92. The number of benzene rings is 1. The summed E-state index contributed by atoms with van der Waals surface area (Å²) in [5, 5.41) is 12.3.